The average Bonchev–Trinajstić information content (AvgIpc) is 2.48. The van der Waals surface area contributed by atoms with E-state index in [0.717, 1.165) is 30.1 Å². The molecule has 1 aromatic rings. The van der Waals surface area contributed by atoms with Crippen LogP contribution < -0.4 is 10.5 Å². The Kier molecular flexibility index (Phi) is 4.38. The van der Waals surface area contributed by atoms with Gasteiger partial charge in [-0.1, -0.05) is 27.2 Å². The molecular weight excluding hydrogens is 248 g/mol. The molecular formula is C17H28N2O. The highest BCUT2D eigenvalue weighted by Gasteiger charge is 2.38. The molecule has 1 aliphatic carbocycles. The van der Waals surface area contributed by atoms with Gasteiger partial charge in [0.15, 0.2) is 0 Å². The number of methoxy groups -OCH3 is 1. The van der Waals surface area contributed by atoms with Crippen LogP contribution in [0.25, 0.3) is 0 Å². The predicted molar refractivity (Wildman–Crippen MR) is 82.7 cm³/mol. The van der Waals surface area contributed by atoms with Crippen molar-refractivity contribution < 1.29 is 4.74 Å². The topological polar surface area (TPSA) is 48.1 Å². The van der Waals surface area contributed by atoms with Crippen LogP contribution in [0.1, 0.15) is 58.4 Å². The van der Waals surface area contributed by atoms with Crippen LogP contribution in [-0.2, 0) is 5.54 Å². The van der Waals surface area contributed by atoms with Crippen LogP contribution in [-0.4, -0.2) is 12.1 Å². The van der Waals surface area contributed by atoms with Gasteiger partial charge in [-0.25, -0.2) is 0 Å². The predicted octanol–water partition coefficient (Wildman–Crippen LogP) is 3.87. The Labute approximate surface area is 122 Å². The third-order valence-electron chi connectivity index (χ3n) is 5.42. The molecule has 1 fully saturated rings. The molecule has 2 rings (SSSR count). The highest BCUT2D eigenvalue weighted by atomic mass is 16.5. The fraction of sp³-hybridized carbons (Fsp3) is 0.706. The lowest BCUT2D eigenvalue weighted by molar-refractivity contribution is 0.115. The van der Waals surface area contributed by atoms with Crippen LogP contribution >= 0.6 is 0 Å². The van der Waals surface area contributed by atoms with E-state index < -0.39 is 0 Å². The van der Waals surface area contributed by atoms with E-state index in [1.165, 1.54) is 19.3 Å². The maximum atomic E-state index is 6.66. The first-order chi connectivity index (χ1) is 9.41. The maximum Gasteiger partial charge on any atom is 0.137 e. The summed E-state index contributed by atoms with van der Waals surface area (Å²) in [6.45, 7) is 7.05. The van der Waals surface area contributed by atoms with Gasteiger partial charge in [0.2, 0.25) is 0 Å². The highest BCUT2D eigenvalue weighted by molar-refractivity contribution is 5.29. The number of nitrogens with zero attached hydrogens (tertiary/aromatic N) is 1. The minimum Gasteiger partial charge on any atom is -0.495 e. The van der Waals surface area contributed by atoms with E-state index in [0.29, 0.717) is 5.41 Å². The summed E-state index contributed by atoms with van der Waals surface area (Å²) in [6, 6.07) is 2.04. The van der Waals surface area contributed by atoms with Gasteiger partial charge >= 0.3 is 0 Å². The van der Waals surface area contributed by atoms with Crippen LogP contribution in [0.4, 0.5) is 0 Å². The zero-order valence-corrected chi connectivity index (χ0v) is 13.3. The lowest BCUT2D eigenvalue weighted by Gasteiger charge is -2.43. The lowest BCUT2D eigenvalue weighted by atomic mass is 9.64. The van der Waals surface area contributed by atoms with E-state index in [1.54, 1.807) is 13.3 Å². The molecule has 0 radical (unpaired) electrons. The van der Waals surface area contributed by atoms with Crippen LogP contribution in [0.15, 0.2) is 18.5 Å². The Morgan fingerprint density at radius 3 is 2.55 bits per heavy atom. The Hall–Kier alpha value is -1.09. The Morgan fingerprint density at radius 1 is 1.35 bits per heavy atom. The Bertz CT molecular complexity index is 448. The quantitative estimate of drug-likeness (QED) is 0.908. The standard InChI is InChI=1S/C17H28N2O/c1-5-16(2,3)13-6-8-17(18,9-7-13)14-10-15(20-4)12-19-11-14/h10-13H,5-9,18H2,1-4H3. The normalized spacial score (nSPS) is 27.4. The second kappa shape index (κ2) is 5.72. The summed E-state index contributed by atoms with van der Waals surface area (Å²) in [5.41, 5.74) is 7.96. The van der Waals surface area contributed by atoms with E-state index in [-0.39, 0.29) is 5.54 Å². The van der Waals surface area contributed by atoms with Gasteiger partial charge in [-0.15, -0.1) is 0 Å². The molecule has 1 saturated carbocycles. The molecule has 0 amide bonds. The first-order valence-corrected chi connectivity index (χ1v) is 7.70. The molecule has 0 aliphatic heterocycles. The number of hydrogen-bond acceptors (Lipinski definition) is 3. The zero-order chi connectivity index (χ0) is 14.8. The van der Waals surface area contributed by atoms with E-state index in [9.17, 15) is 0 Å². The summed E-state index contributed by atoms with van der Waals surface area (Å²) in [7, 11) is 1.67. The zero-order valence-electron chi connectivity index (χ0n) is 13.3. The summed E-state index contributed by atoms with van der Waals surface area (Å²) >= 11 is 0. The molecule has 0 spiro atoms. The maximum absolute atomic E-state index is 6.66. The molecule has 0 bridgehead atoms. The van der Waals surface area contributed by atoms with Gasteiger partial charge in [0.25, 0.3) is 0 Å². The van der Waals surface area contributed by atoms with Crippen LogP contribution in [0.3, 0.4) is 0 Å². The van der Waals surface area contributed by atoms with Crippen molar-refractivity contribution in [2.45, 2.75) is 58.4 Å². The van der Waals surface area contributed by atoms with E-state index in [2.05, 4.69) is 25.8 Å². The van der Waals surface area contributed by atoms with E-state index in [4.69, 9.17) is 10.5 Å². The van der Waals surface area contributed by atoms with Crippen molar-refractivity contribution in [3.63, 3.8) is 0 Å². The number of ether oxygens (including phenoxy) is 1. The van der Waals surface area contributed by atoms with Gasteiger partial charge < -0.3 is 10.5 Å². The summed E-state index contributed by atoms with van der Waals surface area (Å²) < 4.78 is 5.27. The second-order valence-electron chi connectivity index (χ2n) is 6.89. The van der Waals surface area contributed by atoms with Gasteiger partial charge in [0.05, 0.1) is 13.3 Å². The summed E-state index contributed by atoms with van der Waals surface area (Å²) in [6.07, 6.45) is 9.34. The van der Waals surface area contributed by atoms with Crippen molar-refractivity contribution in [3.05, 3.63) is 24.0 Å². The monoisotopic (exact) mass is 276 g/mol. The number of pyridine rings is 1. The molecule has 2 N–H and O–H groups in total. The van der Waals surface area contributed by atoms with Crippen molar-refractivity contribution in [2.24, 2.45) is 17.1 Å². The fourth-order valence-corrected chi connectivity index (χ4v) is 3.29. The Morgan fingerprint density at radius 2 is 2.00 bits per heavy atom. The minimum atomic E-state index is -0.234. The largest absolute Gasteiger partial charge is 0.495 e. The van der Waals surface area contributed by atoms with E-state index in [1.807, 2.05) is 12.3 Å². The highest BCUT2D eigenvalue weighted by Crippen LogP contribution is 2.45. The molecule has 1 aliphatic rings. The van der Waals surface area contributed by atoms with Gasteiger partial charge in [-0.2, -0.15) is 0 Å². The van der Waals surface area contributed by atoms with Gasteiger partial charge in [-0.3, -0.25) is 4.98 Å². The third kappa shape index (κ3) is 2.98. The third-order valence-corrected chi connectivity index (χ3v) is 5.42. The van der Waals surface area contributed by atoms with Crippen LogP contribution in [0, 0.1) is 11.3 Å². The molecule has 0 aromatic carbocycles. The van der Waals surface area contributed by atoms with Crippen molar-refractivity contribution in [3.8, 4) is 5.75 Å². The molecule has 112 valence electrons. The molecule has 1 aromatic heterocycles. The number of aromatic nitrogens is 1. The fourth-order valence-electron chi connectivity index (χ4n) is 3.29. The average molecular weight is 276 g/mol. The molecule has 3 heteroatoms. The SMILES string of the molecule is CCC(C)(C)C1CCC(N)(c2cncc(OC)c2)CC1. The molecule has 3 nitrogen and oxygen atoms in total. The first-order valence-electron chi connectivity index (χ1n) is 7.70. The minimum absolute atomic E-state index is 0.234. The molecule has 0 atom stereocenters. The summed E-state index contributed by atoms with van der Waals surface area (Å²) in [5.74, 6) is 1.58. The van der Waals surface area contributed by atoms with Crippen LogP contribution in [0.2, 0.25) is 0 Å². The van der Waals surface area contributed by atoms with Crippen LogP contribution in [0.5, 0.6) is 5.75 Å². The summed E-state index contributed by atoms with van der Waals surface area (Å²) in [5, 5.41) is 0. The molecule has 0 saturated heterocycles. The second-order valence-corrected chi connectivity index (χ2v) is 6.89. The lowest BCUT2D eigenvalue weighted by Crippen LogP contribution is -2.42. The number of hydrogen-bond donors (Lipinski definition) is 1. The van der Waals surface area contributed by atoms with Gasteiger partial charge in [0, 0.05) is 11.7 Å². The smallest absolute Gasteiger partial charge is 0.137 e. The molecule has 20 heavy (non-hydrogen) atoms. The van der Waals surface area contributed by atoms with Crippen molar-refractivity contribution in [2.75, 3.05) is 7.11 Å². The number of rotatable bonds is 4. The summed E-state index contributed by atoms with van der Waals surface area (Å²) in [4.78, 5) is 4.25. The first kappa shape index (κ1) is 15.3. The van der Waals surface area contributed by atoms with Crippen molar-refractivity contribution in [1.82, 2.24) is 4.98 Å². The Balaban J connectivity index is 2.11. The molecule has 0 unspecified atom stereocenters. The van der Waals surface area contributed by atoms with Gasteiger partial charge in [-0.05, 0) is 48.6 Å². The van der Waals surface area contributed by atoms with Gasteiger partial charge in [0.1, 0.15) is 5.75 Å². The van der Waals surface area contributed by atoms with Crippen molar-refractivity contribution in [1.29, 1.82) is 0 Å². The molecule has 1 heterocycles. The number of nitrogens with two attached hydrogens (primary N) is 1. The van der Waals surface area contributed by atoms with E-state index >= 15 is 0 Å². The van der Waals surface area contributed by atoms with Crippen molar-refractivity contribution >= 4 is 0 Å².